The summed E-state index contributed by atoms with van der Waals surface area (Å²) in [5.74, 6) is -1.07. The smallest absolute Gasteiger partial charge is 0.294 e. The molecule has 0 saturated heterocycles. The molecule has 1 atom stereocenters. The van der Waals surface area contributed by atoms with Crippen molar-refractivity contribution in [3.63, 3.8) is 0 Å². The number of ketones is 1. The predicted octanol–water partition coefficient (Wildman–Crippen LogP) is 6.70. The van der Waals surface area contributed by atoms with Crippen LogP contribution in [-0.2, 0) is 4.79 Å². The first-order chi connectivity index (χ1) is 18.9. The molecule has 0 fully saturated rings. The molecular formula is C31H25N3O4S. The van der Waals surface area contributed by atoms with E-state index in [1.54, 1.807) is 38.3 Å². The Kier molecular flexibility index (Phi) is 6.04. The van der Waals surface area contributed by atoms with Gasteiger partial charge in [-0.25, -0.2) is 4.98 Å². The molecule has 3 heterocycles. The number of hydrogen-bond acceptors (Lipinski definition) is 6. The summed E-state index contributed by atoms with van der Waals surface area (Å²) in [6.07, 6.45) is 0. The van der Waals surface area contributed by atoms with E-state index in [0.717, 1.165) is 27.7 Å². The van der Waals surface area contributed by atoms with Crippen LogP contribution in [-0.4, -0.2) is 33.9 Å². The molecule has 2 aromatic heterocycles. The van der Waals surface area contributed by atoms with E-state index in [2.05, 4.69) is 9.97 Å². The normalized spacial score (nSPS) is 15.4. The van der Waals surface area contributed by atoms with Crippen LogP contribution < -0.4 is 9.64 Å². The molecule has 1 aliphatic heterocycles. The number of amides is 1. The maximum atomic E-state index is 14.3. The summed E-state index contributed by atoms with van der Waals surface area (Å²) in [5.41, 5.74) is 4.41. The van der Waals surface area contributed by atoms with Crippen molar-refractivity contribution in [2.45, 2.75) is 19.9 Å². The third kappa shape index (κ3) is 4.00. The third-order valence-corrected chi connectivity index (χ3v) is 8.23. The third-order valence-electron chi connectivity index (χ3n) is 7.02. The minimum absolute atomic E-state index is 0.0297. The van der Waals surface area contributed by atoms with Crippen molar-refractivity contribution in [3.05, 3.63) is 112 Å². The zero-order chi connectivity index (χ0) is 27.3. The number of fused-ring (bicyclic) bond motifs is 1. The number of Topliss-reactive ketones (excluding diaryl/α,β-unsaturated/α-hetero) is 1. The number of nitrogens with zero attached hydrogens (tertiary/aromatic N) is 2. The Morgan fingerprint density at radius 3 is 2.54 bits per heavy atom. The van der Waals surface area contributed by atoms with E-state index in [9.17, 15) is 14.7 Å². The van der Waals surface area contributed by atoms with Crippen molar-refractivity contribution in [1.29, 1.82) is 0 Å². The van der Waals surface area contributed by atoms with Gasteiger partial charge in [0.25, 0.3) is 5.91 Å². The molecule has 1 aliphatic rings. The van der Waals surface area contributed by atoms with Gasteiger partial charge in [-0.3, -0.25) is 14.5 Å². The van der Waals surface area contributed by atoms with E-state index in [0.29, 0.717) is 27.0 Å². The maximum absolute atomic E-state index is 14.3. The summed E-state index contributed by atoms with van der Waals surface area (Å²) < 4.78 is 5.41. The molecule has 39 heavy (non-hydrogen) atoms. The zero-order valence-electron chi connectivity index (χ0n) is 21.6. The number of ether oxygens (including phenoxy) is 1. The lowest BCUT2D eigenvalue weighted by Gasteiger charge is -2.27. The molecule has 2 N–H and O–H groups in total. The molecule has 0 saturated carbocycles. The van der Waals surface area contributed by atoms with Crippen molar-refractivity contribution in [2.24, 2.45) is 0 Å². The van der Waals surface area contributed by atoms with Gasteiger partial charge in [-0.2, -0.15) is 0 Å². The second-order valence-electron chi connectivity index (χ2n) is 9.38. The number of aliphatic hydroxyl groups excluding tert-OH is 1. The minimum atomic E-state index is -0.866. The van der Waals surface area contributed by atoms with Gasteiger partial charge >= 0.3 is 0 Å². The fraction of sp³-hybridized carbons (Fsp3) is 0.129. The Labute approximate surface area is 229 Å². The molecule has 0 spiro atoms. The van der Waals surface area contributed by atoms with Crippen LogP contribution in [0.15, 0.2) is 90.2 Å². The molecule has 1 amide bonds. The second kappa shape index (κ2) is 9.56. The van der Waals surface area contributed by atoms with Gasteiger partial charge in [0.1, 0.15) is 10.8 Å². The van der Waals surface area contributed by atoms with Gasteiger partial charge in [0, 0.05) is 39.5 Å². The van der Waals surface area contributed by atoms with E-state index >= 15 is 0 Å². The van der Waals surface area contributed by atoms with Crippen molar-refractivity contribution in [2.75, 3.05) is 12.0 Å². The summed E-state index contributed by atoms with van der Waals surface area (Å²) in [7, 11) is 1.55. The van der Waals surface area contributed by atoms with Crippen molar-refractivity contribution < 1.29 is 19.4 Å². The number of carbonyl (C=O) groups is 2. The molecule has 194 valence electrons. The highest BCUT2D eigenvalue weighted by Gasteiger charge is 2.47. The topological polar surface area (TPSA) is 95.5 Å². The number of anilines is 1. The number of carbonyl (C=O) groups excluding carboxylic acids is 2. The summed E-state index contributed by atoms with van der Waals surface area (Å²) in [5, 5.41) is 12.9. The zero-order valence-corrected chi connectivity index (χ0v) is 22.4. The minimum Gasteiger partial charge on any atom is -0.503 e. The molecular weight excluding hydrogens is 510 g/mol. The molecule has 7 nitrogen and oxygen atoms in total. The van der Waals surface area contributed by atoms with E-state index in [1.807, 2.05) is 61.5 Å². The molecule has 3 aromatic carbocycles. The lowest BCUT2D eigenvalue weighted by atomic mass is 9.92. The van der Waals surface area contributed by atoms with E-state index in [1.165, 1.54) is 16.2 Å². The molecule has 5 aromatic rings. The Morgan fingerprint density at radius 2 is 1.77 bits per heavy atom. The Hall–Kier alpha value is -4.69. The largest absolute Gasteiger partial charge is 0.503 e. The molecule has 0 radical (unpaired) electrons. The van der Waals surface area contributed by atoms with Crippen molar-refractivity contribution in [3.8, 4) is 16.3 Å². The number of thiazole rings is 1. The molecule has 8 heteroatoms. The molecule has 0 aliphatic carbocycles. The van der Waals surface area contributed by atoms with Gasteiger partial charge in [-0.1, -0.05) is 54.6 Å². The molecule has 1 unspecified atom stereocenters. The highest BCUT2D eigenvalue weighted by molar-refractivity contribution is 7.17. The first-order valence-electron chi connectivity index (χ1n) is 12.4. The number of rotatable bonds is 6. The average molecular weight is 536 g/mol. The molecule has 0 bridgehead atoms. The van der Waals surface area contributed by atoms with Crippen molar-refractivity contribution >= 4 is 39.6 Å². The fourth-order valence-electron chi connectivity index (χ4n) is 5.22. The van der Waals surface area contributed by atoms with Crippen LogP contribution in [0.4, 0.5) is 5.69 Å². The summed E-state index contributed by atoms with van der Waals surface area (Å²) in [4.78, 5) is 37.9. The summed E-state index contributed by atoms with van der Waals surface area (Å²) >= 11 is 1.26. The first-order valence-corrected chi connectivity index (χ1v) is 13.3. The van der Waals surface area contributed by atoms with Crippen LogP contribution in [0.2, 0.25) is 0 Å². The van der Waals surface area contributed by atoms with Crippen LogP contribution in [0.3, 0.4) is 0 Å². The SMILES string of the molecule is COc1cccc(N2C(=O)C(O)=C(C(=O)c3sc(-c4ccccc4)nc3C)C2c2c(C)[nH]c3ccccc23)c1. The Balaban J connectivity index is 1.55. The highest BCUT2D eigenvalue weighted by atomic mass is 32.1. The van der Waals surface area contributed by atoms with Crippen LogP contribution in [0.25, 0.3) is 21.5 Å². The Bertz CT molecular complexity index is 1780. The van der Waals surface area contributed by atoms with Crippen LogP contribution in [0, 0.1) is 13.8 Å². The number of benzene rings is 3. The quantitative estimate of drug-likeness (QED) is 0.236. The van der Waals surface area contributed by atoms with Crippen LogP contribution >= 0.6 is 11.3 Å². The fourth-order valence-corrected chi connectivity index (χ4v) is 6.25. The highest BCUT2D eigenvalue weighted by Crippen LogP contribution is 2.46. The molecule has 6 rings (SSSR count). The monoisotopic (exact) mass is 535 g/mol. The van der Waals surface area contributed by atoms with Crippen LogP contribution in [0.1, 0.15) is 32.7 Å². The van der Waals surface area contributed by atoms with Gasteiger partial charge in [0.2, 0.25) is 5.78 Å². The summed E-state index contributed by atoms with van der Waals surface area (Å²) in [6, 6.07) is 23.5. The van der Waals surface area contributed by atoms with Gasteiger partial charge < -0.3 is 14.8 Å². The number of para-hydroxylation sites is 1. The van der Waals surface area contributed by atoms with Crippen LogP contribution in [0.5, 0.6) is 5.75 Å². The van der Waals surface area contributed by atoms with Gasteiger partial charge in [0.05, 0.1) is 29.3 Å². The van der Waals surface area contributed by atoms with Gasteiger partial charge in [-0.15, -0.1) is 11.3 Å². The number of nitrogens with one attached hydrogen (secondary N) is 1. The number of aromatic amines is 1. The van der Waals surface area contributed by atoms with Gasteiger partial charge in [0.15, 0.2) is 5.76 Å². The lowest BCUT2D eigenvalue weighted by Crippen LogP contribution is -2.31. The first kappa shape index (κ1) is 24.6. The second-order valence-corrected chi connectivity index (χ2v) is 10.4. The Morgan fingerprint density at radius 1 is 1.03 bits per heavy atom. The number of hydrogen-bond donors (Lipinski definition) is 2. The average Bonchev–Trinajstić information content (AvgIpc) is 3.59. The standard InChI is InChI=1S/C31H25N3O4S/c1-17-24(22-14-7-8-15-23(22)32-17)26-25(28(36)31(37)34(26)20-12-9-13-21(16-20)38-3)27(35)29-18(2)33-30(39-29)19-10-5-4-6-11-19/h4-16,26,32,36H,1-3H3. The van der Waals surface area contributed by atoms with E-state index in [-0.39, 0.29) is 5.57 Å². The maximum Gasteiger partial charge on any atom is 0.294 e. The summed E-state index contributed by atoms with van der Waals surface area (Å²) in [6.45, 7) is 3.68. The van der Waals surface area contributed by atoms with E-state index in [4.69, 9.17) is 4.74 Å². The lowest BCUT2D eigenvalue weighted by molar-refractivity contribution is -0.117. The number of aryl methyl sites for hydroxylation is 2. The number of aliphatic hydroxyl groups is 1. The number of methoxy groups -OCH3 is 1. The number of H-pyrrole nitrogens is 1. The number of aromatic nitrogens is 2. The van der Waals surface area contributed by atoms with Crippen molar-refractivity contribution in [1.82, 2.24) is 9.97 Å². The van der Waals surface area contributed by atoms with E-state index < -0.39 is 23.5 Å². The van der Waals surface area contributed by atoms with Gasteiger partial charge in [-0.05, 0) is 32.0 Å². The predicted molar refractivity (Wildman–Crippen MR) is 153 cm³/mol.